The quantitative estimate of drug-likeness (QED) is 0.697. The second kappa shape index (κ2) is 8.05. The van der Waals surface area contributed by atoms with Crippen LogP contribution in [-0.4, -0.2) is 22.6 Å². The summed E-state index contributed by atoms with van der Waals surface area (Å²) < 4.78 is 0.776. The van der Waals surface area contributed by atoms with Gasteiger partial charge in [0.15, 0.2) is 0 Å². The molecule has 0 aliphatic carbocycles. The van der Waals surface area contributed by atoms with Gasteiger partial charge in [-0.15, -0.1) is 11.8 Å². The first-order valence-corrected chi connectivity index (χ1v) is 8.56. The number of aryl methyl sites for hydroxylation is 1. The van der Waals surface area contributed by atoms with Crippen LogP contribution in [0.5, 0.6) is 0 Å². The molecule has 0 aliphatic heterocycles. The van der Waals surface area contributed by atoms with Crippen molar-refractivity contribution in [2.45, 2.75) is 12.7 Å². The number of aromatic amines is 1. The Morgan fingerprint density at radius 3 is 2.77 bits per heavy atom. The number of rotatable bonds is 5. The normalized spacial score (nSPS) is 10.3. The van der Waals surface area contributed by atoms with Gasteiger partial charge >= 0.3 is 0 Å². The highest BCUT2D eigenvalue weighted by Crippen LogP contribution is 2.13. The van der Waals surface area contributed by atoms with Crippen molar-refractivity contribution >= 4 is 39.5 Å². The highest BCUT2D eigenvalue weighted by atomic mass is 79.9. The minimum Gasteiger partial charge on any atom is -0.356 e. The molecular formula is C15H16BrN3O2S. The van der Waals surface area contributed by atoms with Crippen molar-refractivity contribution in [2.24, 2.45) is 0 Å². The fourth-order valence-electron chi connectivity index (χ4n) is 1.79. The molecule has 0 spiro atoms. The van der Waals surface area contributed by atoms with E-state index < -0.39 is 0 Å². The largest absolute Gasteiger partial charge is 0.356 e. The van der Waals surface area contributed by atoms with Gasteiger partial charge in [0.05, 0.1) is 5.75 Å². The molecule has 2 rings (SSSR count). The first-order valence-electron chi connectivity index (χ1n) is 6.61. The molecule has 0 saturated heterocycles. The highest BCUT2D eigenvalue weighted by molar-refractivity contribution is 9.10. The van der Waals surface area contributed by atoms with Crippen molar-refractivity contribution in [3.8, 4) is 0 Å². The van der Waals surface area contributed by atoms with Gasteiger partial charge in [-0.1, -0.05) is 29.8 Å². The molecule has 1 heterocycles. The lowest BCUT2D eigenvalue weighted by molar-refractivity contribution is -0.119. The molecule has 0 unspecified atom stereocenters. The van der Waals surface area contributed by atoms with E-state index in [0.29, 0.717) is 5.69 Å². The van der Waals surface area contributed by atoms with Gasteiger partial charge in [0.25, 0.3) is 5.91 Å². The number of carbonyl (C=O) groups is 2. The number of hydrogen-bond acceptors (Lipinski definition) is 3. The molecule has 2 aromatic rings. The summed E-state index contributed by atoms with van der Waals surface area (Å²) in [5, 5.41) is 0. The zero-order valence-corrected chi connectivity index (χ0v) is 14.4. The molecule has 7 heteroatoms. The van der Waals surface area contributed by atoms with E-state index in [1.54, 1.807) is 12.3 Å². The van der Waals surface area contributed by atoms with E-state index in [4.69, 9.17) is 0 Å². The molecule has 5 nitrogen and oxygen atoms in total. The first-order chi connectivity index (χ1) is 10.5. The Hall–Kier alpha value is -1.73. The van der Waals surface area contributed by atoms with E-state index in [0.717, 1.165) is 10.2 Å². The second-order valence-electron chi connectivity index (χ2n) is 4.72. The average molecular weight is 382 g/mol. The lowest BCUT2D eigenvalue weighted by atomic mass is 10.2. The van der Waals surface area contributed by atoms with Crippen LogP contribution in [-0.2, 0) is 10.5 Å². The van der Waals surface area contributed by atoms with Gasteiger partial charge in [-0.2, -0.15) is 0 Å². The van der Waals surface area contributed by atoms with Gasteiger partial charge in [0, 0.05) is 16.4 Å². The fraction of sp³-hybridized carbons (Fsp3) is 0.200. The summed E-state index contributed by atoms with van der Waals surface area (Å²) in [6.45, 7) is 2.04. The molecule has 3 N–H and O–H groups in total. The number of nitrogens with one attached hydrogen (secondary N) is 3. The maximum Gasteiger partial charge on any atom is 0.286 e. The molecule has 22 heavy (non-hydrogen) atoms. The second-order valence-corrected chi connectivity index (χ2v) is 6.62. The monoisotopic (exact) mass is 381 g/mol. The van der Waals surface area contributed by atoms with E-state index in [1.165, 1.54) is 22.9 Å². The van der Waals surface area contributed by atoms with E-state index in [1.807, 2.05) is 25.1 Å². The summed E-state index contributed by atoms with van der Waals surface area (Å²) in [6.07, 6.45) is 1.65. The number of H-pyrrole nitrogens is 1. The van der Waals surface area contributed by atoms with Crippen molar-refractivity contribution in [1.29, 1.82) is 0 Å². The lowest BCUT2D eigenvalue weighted by Crippen LogP contribution is -2.42. The lowest BCUT2D eigenvalue weighted by Gasteiger charge is -2.06. The molecule has 0 fully saturated rings. The third-order valence-corrected chi connectivity index (χ3v) is 4.25. The van der Waals surface area contributed by atoms with Crippen LogP contribution in [0.4, 0.5) is 0 Å². The summed E-state index contributed by atoms with van der Waals surface area (Å²) in [5.41, 5.74) is 7.51. The predicted octanol–water partition coefficient (Wildman–Crippen LogP) is 2.78. The minimum atomic E-state index is -0.386. The van der Waals surface area contributed by atoms with Gasteiger partial charge in [0.2, 0.25) is 5.91 Å². The van der Waals surface area contributed by atoms with E-state index in [9.17, 15) is 9.59 Å². The van der Waals surface area contributed by atoms with E-state index in [2.05, 4.69) is 37.8 Å². The van der Waals surface area contributed by atoms with E-state index in [-0.39, 0.29) is 17.6 Å². The average Bonchev–Trinajstić information content (AvgIpc) is 2.91. The Labute approximate surface area is 141 Å². The van der Waals surface area contributed by atoms with Crippen LogP contribution in [0, 0.1) is 6.92 Å². The summed E-state index contributed by atoms with van der Waals surface area (Å²) in [5.74, 6) is 0.411. The molecular weight excluding hydrogens is 366 g/mol. The topological polar surface area (TPSA) is 74.0 Å². The number of hydrazine groups is 1. The zero-order valence-electron chi connectivity index (χ0n) is 12.0. The Balaban J connectivity index is 1.69. The molecule has 116 valence electrons. The molecule has 0 radical (unpaired) electrons. The fourth-order valence-corrected chi connectivity index (χ4v) is 2.91. The van der Waals surface area contributed by atoms with Crippen molar-refractivity contribution in [3.05, 3.63) is 57.8 Å². The Morgan fingerprint density at radius 2 is 2.09 bits per heavy atom. The van der Waals surface area contributed by atoms with Gasteiger partial charge < -0.3 is 4.98 Å². The predicted molar refractivity (Wildman–Crippen MR) is 91.4 cm³/mol. The number of carbonyl (C=O) groups excluding carboxylic acids is 2. The summed E-state index contributed by atoms with van der Waals surface area (Å²) in [4.78, 5) is 26.2. The molecule has 0 bridgehead atoms. The van der Waals surface area contributed by atoms with Crippen LogP contribution >= 0.6 is 27.7 Å². The van der Waals surface area contributed by atoms with Crippen LogP contribution in [0.2, 0.25) is 0 Å². The Morgan fingerprint density at radius 1 is 1.27 bits per heavy atom. The molecule has 1 aromatic carbocycles. The van der Waals surface area contributed by atoms with Gasteiger partial charge in [-0.3, -0.25) is 20.4 Å². The smallest absolute Gasteiger partial charge is 0.286 e. The number of hydrogen-bond donors (Lipinski definition) is 3. The zero-order chi connectivity index (χ0) is 15.9. The molecule has 0 aliphatic rings. The number of benzene rings is 1. The van der Waals surface area contributed by atoms with Crippen LogP contribution in [0.1, 0.15) is 21.6 Å². The summed E-state index contributed by atoms with van der Waals surface area (Å²) in [7, 11) is 0. The van der Waals surface area contributed by atoms with Gasteiger partial charge in [-0.05, 0) is 34.5 Å². The minimum absolute atomic E-state index is 0.239. The standard InChI is InChI=1S/C15H16BrN3O2S/c1-10-3-2-4-11(5-10)8-22-9-14(20)18-19-15(21)13-6-12(16)7-17-13/h2-7,17H,8-9H2,1H3,(H,18,20)(H,19,21). The summed E-state index contributed by atoms with van der Waals surface area (Å²) in [6, 6.07) is 9.79. The Bertz CT molecular complexity index is 672. The van der Waals surface area contributed by atoms with Crippen molar-refractivity contribution < 1.29 is 9.59 Å². The van der Waals surface area contributed by atoms with Crippen LogP contribution < -0.4 is 10.9 Å². The number of amides is 2. The number of aromatic nitrogens is 1. The van der Waals surface area contributed by atoms with E-state index >= 15 is 0 Å². The highest BCUT2D eigenvalue weighted by Gasteiger charge is 2.09. The molecule has 0 saturated carbocycles. The summed E-state index contributed by atoms with van der Waals surface area (Å²) >= 11 is 4.74. The molecule has 0 atom stereocenters. The number of thioether (sulfide) groups is 1. The van der Waals surface area contributed by atoms with Crippen molar-refractivity contribution in [1.82, 2.24) is 15.8 Å². The maximum absolute atomic E-state index is 11.7. The van der Waals surface area contributed by atoms with Crippen LogP contribution in [0.15, 0.2) is 41.0 Å². The van der Waals surface area contributed by atoms with Crippen molar-refractivity contribution in [3.63, 3.8) is 0 Å². The SMILES string of the molecule is Cc1cccc(CSCC(=O)NNC(=O)c2cc(Br)c[nH]2)c1. The number of halogens is 1. The molecule has 2 amide bonds. The van der Waals surface area contributed by atoms with Gasteiger partial charge in [-0.25, -0.2) is 0 Å². The molecule has 1 aromatic heterocycles. The Kier molecular flexibility index (Phi) is 6.09. The third kappa shape index (κ3) is 5.23. The third-order valence-electron chi connectivity index (χ3n) is 2.79. The van der Waals surface area contributed by atoms with Crippen LogP contribution in [0.25, 0.3) is 0 Å². The van der Waals surface area contributed by atoms with Gasteiger partial charge in [0.1, 0.15) is 5.69 Å². The van der Waals surface area contributed by atoms with Crippen molar-refractivity contribution in [2.75, 3.05) is 5.75 Å². The maximum atomic E-state index is 11.7. The first kappa shape index (κ1) is 16.6. The van der Waals surface area contributed by atoms with Crippen LogP contribution in [0.3, 0.4) is 0 Å².